The van der Waals surface area contributed by atoms with Gasteiger partial charge in [-0.1, -0.05) is 0 Å². The monoisotopic (exact) mass is 436 g/mol. The van der Waals surface area contributed by atoms with E-state index in [1.54, 1.807) is 0 Å². The number of nitrogens with zero attached hydrogens (tertiary/aromatic N) is 4. The largest absolute Gasteiger partial charge is 0.352 e. The summed E-state index contributed by atoms with van der Waals surface area (Å²) in [4.78, 5) is 25.9. The second-order valence-corrected chi connectivity index (χ2v) is 8.76. The average molecular weight is 437 g/mol. The molecule has 33 heavy (non-hydrogen) atoms. The van der Waals surface area contributed by atoms with Gasteiger partial charge in [0, 0.05) is 52.9 Å². The number of aromatic nitrogens is 4. The first-order valence-corrected chi connectivity index (χ1v) is 11.3. The van der Waals surface area contributed by atoms with Crippen molar-refractivity contribution in [3.05, 3.63) is 83.6 Å². The van der Waals surface area contributed by atoms with Crippen LogP contribution in [0.5, 0.6) is 0 Å². The Morgan fingerprint density at radius 2 is 1.94 bits per heavy atom. The lowest BCUT2D eigenvalue weighted by Crippen LogP contribution is -2.31. The number of anilines is 2. The highest BCUT2D eigenvalue weighted by atomic mass is 16.1. The molecule has 2 aliphatic rings. The molecule has 1 amide bonds. The highest BCUT2D eigenvalue weighted by Crippen LogP contribution is 2.39. The van der Waals surface area contributed by atoms with E-state index in [9.17, 15) is 4.79 Å². The van der Waals surface area contributed by atoms with Crippen LogP contribution in [0.4, 0.5) is 11.5 Å². The molecule has 0 radical (unpaired) electrons. The Labute approximate surface area is 191 Å². The van der Waals surface area contributed by atoms with Crippen molar-refractivity contribution in [3.8, 4) is 17.1 Å². The number of fused-ring (bicyclic) bond motifs is 1. The summed E-state index contributed by atoms with van der Waals surface area (Å²) in [6, 6.07) is 14.0. The summed E-state index contributed by atoms with van der Waals surface area (Å²) in [7, 11) is 0. The minimum atomic E-state index is -0.00814. The van der Waals surface area contributed by atoms with Gasteiger partial charge in [0.15, 0.2) is 5.82 Å². The van der Waals surface area contributed by atoms with Crippen molar-refractivity contribution in [1.82, 2.24) is 24.8 Å². The van der Waals surface area contributed by atoms with Crippen LogP contribution >= 0.6 is 0 Å². The third kappa shape index (κ3) is 3.86. The van der Waals surface area contributed by atoms with E-state index in [0.29, 0.717) is 18.3 Å². The summed E-state index contributed by atoms with van der Waals surface area (Å²) < 4.78 is 2.07. The third-order valence-electron chi connectivity index (χ3n) is 6.29. The van der Waals surface area contributed by atoms with Gasteiger partial charge in [-0.05, 0) is 74.2 Å². The average Bonchev–Trinajstić information content (AvgIpc) is 3.57. The van der Waals surface area contributed by atoms with Crippen molar-refractivity contribution >= 4 is 17.4 Å². The van der Waals surface area contributed by atoms with Crippen LogP contribution < -0.4 is 10.6 Å². The van der Waals surface area contributed by atoms with E-state index in [-0.39, 0.29) is 5.91 Å². The molecule has 1 aliphatic carbocycles. The van der Waals surface area contributed by atoms with E-state index in [4.69, 9.17) is 4.98 Å². The third-order valence-corrected chi connectivity index (χ3v) is 6.29. The van der Waals surface area contributed by atoms with Crippen molar-refractivity contribution in [2.75, 3.05) is 11.9 Å². The summed E-state index contributed by atoms with van der Waals surface area (Å²) >= 11 is 0. The lowest BCUT2D eigenvalue weighted by atomic mass is 10.00. The highest BCUT2D eigenvalue weighted by molar-refractivity contribution is 5.97. The molecule has 0 spiro atoms. The molecule has 6 rings (SSSR count). The smallest absolute Gasteiger partial charge is 0.251 e. The maximum absolute atomic E-state index is 12.0. The number of nitrogens with one attached hydrogen (secondary N) is 2. The first kappa shape index (κ1) is 19.7. The fourth-order valence-corrected chi connectivity index (χ4v) is 4.20. The summed E-state index contributed by atoms with van der Waals surface area (Å²) in [6.45, 7) is 2.65. The molecule has 0 unspecified atom stereocenters. The minimum Gasteiger partial charge on any atom is -0.352 e. The fourth-order valence-electron chi connectivity index (χ4n) is 4.20. The molecule has 1 saturated carbocycles. The van der Waals surface area contributed by atoms with Gasteiger partial charge in [-0.2, -0.15) is 0 Å². The van der Waals surface area contributed by atoms with E-state index >= 15 is 0 Å². The normalized spacial score (nSPS) is 15.1. The number of carbonyl (C=O) groups is 1. The van der Waals surface area contributed by atoms with Gasteiger partial charge in [0.2, 0.25) is 0 Å². The highest BCUT2D eigenvalue weighted by Gasteiger charge is 2.25. The molecule has 4 aromatic rings. The molecular formula is C26H24N6O. The van der Waals surface area contributed by atoms with E-state index in [0.717, 1.165) is 45.9 Å². The molecule has 1 aliphatic heterocycles. The number of benzene rings is 2. The van der Waals surface area contributed by atoms with Crippen molar-refractivity contribution in [3.63, 3.8) is 0 Å². The van der Waals surface area contributed by atoms with Crippen LogP contribution in [0.3, 0.4) is 0 Å². The molecule has 0 bridgehead atoms. The zero-order valence-electron chi connectivity index (χ0n) is 18.4. The van der Waals surface area contributed by atoms with Crippen molar-refractivity contribution in [1.29, 1.82) is 0 Å². The molecule has 2 N–H and O–H groups in total. The lowest BCUT2D eigenvalue weighted by molar-refractivity contribution is 0.0946. The number of amides is 1. The van der Waals surface area contributed by atoms with Gasteiger partial charge in [-0.3, -0.25) is 4.79 Å². The van der Waals surface area contributed by atoms with E-state index in [1.807, 2.05) is 49.8 Å². The first-order valence-electron chi connectivity index (χ1n) is 11.3. The number of rotatable bonds is 5. The van der Waals surface area contributed by atoms with Crippen molar-refractivity contribution in [2.24, 2.45) is 0 Å². The molecule has 2 aromatic carbocycles. The Balaban J connectivity index is 1.24. The van der Waals surface area contributed by atoms with Gasteiger partial charge >= 0.3 is 0 Å². The number of hydrogen-bond donors (Lipinski definition) is 2. The van der Waals surface area contributed by atoms with Crippen LogP contribution in [0.25, 0.3) is 17.1 Å². The Morgan fingerprint density at radius 3 is 2.76 bits per heavy atom. The van der Waals surface area contributed by atoms with Crippen molar-refractivity contribution < 1.29 is 4.79 Å². The molecule has 0 saturated heterocycles. The standard InChI is InChI=1S/C26H24N6O/c1-16-13-28-25(18-4-7-21(8-5-18)32-14-23(29-15-32)17-2-3-17)31-24(16)30-20-6-9-22-19(12-20)10-11-27-26(22)33/h4-9,12-15,17H,2-3,10-11H2,1H3,(H,27,33)(H,28,30,31). The molecule has 164 valence electrons. The number of carbonyl (C=O) groups excluding carboxylic acids is 1. The van der Waals surface area contributed by atoms with Crippen molar-refractivity contribution in [2.45, 2.75) is 32.1 Å². The Morgan fingerprint density at radius 1 is 1.09 bits per heavy atom. The van der Waals surface area contributed by atoms with Gasteiger partial charge in [0.25, 0.3) is 5.91 Å². The zero-order chi connectivity index (χ0) is 22.4. The maximum Gasteiger partial charge on any atom is 0.251 e. The van der Waals surface area contributed by atoms with Gasteiger partial charge < -0.3 is 15.2 Å². The Kier molecular flexibility index (Phi) is 4.68. The SMILES string of the molecule is Cc1cnc(-c2ccc(-n3cnc(C4CC4)c3)cc2)nc1Nc1ccc2c(c1)CCNC2=O. The molecule has 3 heterocycles. The van der Waals surface area contributed by atoms with Gasteiger partial charge in [0.1, 0.15) is 5.82 Å². The summed E-state index contributed by atoms with van der Waals surface area (Å²) in [5.74, 6) is 2.06. The molecule has 0 atom stereocenters. The van der Waals surface area contributed by atoms with Crippen LogP contribution in [-0.4, -0.2) is 32.0 Å². The Hall–Kier alpha value is -4.00. The summed E-state index contributed by atoms with van der Waals surface area (Å²) in [5, 5.41) is 6.29. The summed E-state index contributed by atoms with van der Waals surface area (Å²) in [6.07, 6.45) is 9.17. The minimum absolute atomic E-state index is 0.00814. The maximum atomic E-state index is 12.0. The lowest BCUT2D eigenvalue weighted by Gasteiger charge is -2.18. The zero-order valence-corrected chi connectivity index (χ0v) is 18.4. The summed E-state index contributed by atoms with van der Waals surface area (Å²) in [5.41, 5.74) is 6.87. The molecular weight excluding hydrogens is 412 g/mol. The van der Waals surface area contributed by atoms with E-state index in [1.165, 1.54) is 18.5 Å². The molecule has 1 fully saturated rings. The Bertz CT molecular complexity index is 1350. The van der Waals surface area contributed by atoms with Crippen LogP contribution in [0, 0.1) is 6.92 Å². The van der Waals surface area contributed by atoms with Crippen LogP contribution in [0.2, 0.25) is 0 Å². The second kappa shape index (κ2) is 7.85. The number of imidazole rings is 1. The second-order valence-electron chi connectivity index (χ2n) is 8.76. The van der Waals surface area contributed by atoms with Crippen LogP contribution in [0.1, 0.15) is 45.9 Å². The topological polar surface area (TPSA) is 84.7 Å². The fraction of sp³-hybridized carbons (Fsp3) is 0.231. The van der Waals surface area contributed by atoms with Gasteiger partial charge in [-0.25, -0.2) is 15.0 Å². The quantitative estimate of drug-likeness (QED) is 0.480. The number of hydrogen-bond acceptors (Lipinski definition) is 5. The molecule has 2 aromatic heterocycles. The molecule has 7 nitrogen and oxygen atoms in total. The van der Waals surface area contributed by atoms with Gasteiger partial charge in [-0.15, -0.1) is 0 Å². The molecule has 7 heteroatoms. The van der Waals surface area contributed by atoms with Gasteiger partial charge in [0.05, 0.1) is 12.0 Å². The predicted molar refractivity (Wildman–Crippen MR) is 127 cm³/mol. The van der Waals surface area contributed by atoms with Crippen LogP contribution in [-0.2, 0) is 6.42 Å². The van der Waals surface area contributed by atoms with Crippen LogP contribution in [0.15, 0.2) is 61.2 Å². The number of aryl methyl sites for hydroxylation is 1. The first-order chi connectivity index (χ1) is 16.1. The predicted octanol–water partition coefficient (Wildman–Crippen LogP) is 4.54. The van der Waals surface area contributed by atoms with E-state index < -0.39 is 0 Å². The van der Waals surface area contributed by atoms with E-state index in [2.05, 4.69) is 43.5 Å².